The van der Waals surface area contributed by atoms with Crippen molar-refractivity contribution in [3.8, 4) is 5.75 Å². The first-order valence-electron chi connectivity index (χ1n) is 5.94. The van der Waals surface area contributed by atoms with Crippen molar-refractivity contribution < 1.29 is 9.84 Å². The monoisotopic (exact) mass is 301 g/mol. The minimum atomic E-state index is 0.201. The van der Waals surface area contributed by atoms with E-state index in [0.717, 1.165) is 36.2 Å². The Morgan fingerprint density at radius 3 is 2.82 bits per heavy atom. The smallest absolute Gasteiger partial charge is 0.133 e. The number of hydrogen-bond acceptors (Lipinski definition) is 3. The predicted octanol–water partition coefficient (Wildman–Crippen LogP) is 2.50. The number of benzene rings is 1. The number of aryl methyl sites for hydroxylation is 1. The summed E-state index contributed by atoms with van der Waals surface area (Å²) in [5.74, 6) is 0.902. The maximum atomic E-state index is 8.58. The first-order valence-corrected chi connectivity index (χ1v) is 6.74. The summed E-state index contributed by atoms with van der Waals surface area (Å²) < 4.78 is 6.68. The second kappa shape index (κ2) is 8.50. The van der Waals surface area contributed by atoms with Gasteiger partial charge in [0, 0.05) is 6.54 Å². The topological polar surface area (TPSA) is 41.5 Å². The van der Waals surface area contributed by atoms with Crippen molar-refractivity contribution in [1.29, 1.82) is 0 Å². The summed E-state index contributed by atoms with van der Waals surface area (Å²) in [6.45, 7) is 4.58. The maximum absolute atomic E-state index is 8.58. The molecule has 0 aromatic heterocycles. The minimum Gasteiger partial charge on any atom is -0.492 e. The molecule has 96 valence electrons. The third-order valence-corrected chi connectivity index (χ3v) is 3.00. The van der Waals surface area contributed by atoms with E-state index in [-0.39, 0.29) is 6.61 Å². The van der Waals surface area contributed by atoms with Gasteiger partial charge < -0.3 is 15.2 Å². The third-order valence-electron chi connectivity index (χ3n) is 2.38. The summed E-state index contributed by atoms with van der Waals surface area (Å²) in [6.07, 6.45) is 2.07. The fourth-order valence-corrected chi connectivity index (χ4v) is 2.07. The Morgan fingerprint density at radius 1 is 1.29 bits per heavy atom. The molecule has 0 spiro atoms. The quantitative estimate of drug-likeness (QED) is 0.725. The highest BCUT2D eigenvalue weighted by Gasteiger charge is 2.00. The molecule has 0 unspecified atom stereocenters. The van der Waals surface area contributed by atoms with Crippen LogP contribution in [0.1, 0.15) is 18.4 Å². The van der Waals surface area contributed by atoms with Crippen molar-refractivity contribution >= 4 is 15.9 Å². The predicted molar refractivity (Wildman–Crippen MR) is 73.6 cm³/mol. The highest BCUT2D eigenvalue weighted by Crippen LogP contribution is 2.25. The maximum Gasteiger partial charge on any atom is 0.133 e. The molecule has 0 bridgehead atoms. The van der Waals surface area contributed by atoms with Gasteiger partial charge in [0.25, 0.3) is 0 Å². The largest absolute Gasteiger partial charge is 0.492 e. The molecule has 1 rings (SSSR count). The molecule has 0 saturated heterocycles. The average Bonchev–Trinajstić information content (AvgIpc) is 2.30. The first kappa shape index (κ1) is 14.5. The van der Waals surface area contributed by atoms with Crippen LogP contribution in [0.5, 0.6) is 5.75 Å². The van der Waals surface area contributed by atoms with E-state index in [4.69, 9.17) is 9.84 Å². The van der Waals surface area contributed by atoms with E-state index in [9.17, 15) is 0 Å². The lowest BCUT2D eigenvalue weighted by atomic mass is 10.2. The minimum absolute atomic E-state index is 0.201. The molecule has 0 fully saturated rings. The first-order chi connectivity index (χ1) is 8.24. The van der Waals surface area contributed by atoms with E-state index in [2.05, 4.69) is 34.2 Å². The molecule has 0 aliphatic carbocycles. The average molecular weight is 302 g/mol. The zero-order chi connectivity index (χ0) is 12.5. The van der Waals surface area contributed by atoms with Crippen LogP contribution in [0.3, 0.4) is 0 Å². The molecule has 0 aliphatic rings. The van der Waals surface area contributed by atoms with Crippen LogP contribution in [0.25, 0.3) is 0 Å². The molecule has 0 aliphatic heterocycles. The third kappa shape index (κ3) is 6.05. The van der Waals surface area contributed by atoms with Gasteiger partial charge in [-0.2, -0.15) is 0 Å². The van der Waals surface area contributed by atoms with Gasteiger partial charge in [0.1, 0.15) is 5.75 Å². The SMILES string of the molecule is Cc1ccc(OCCCCNCCO)c(Br)c1. The standard InChI is InChI=1S/C13H20BrNO2/c1-11-4-5-13(12(14)10-11)17-9-3-2-6-15-7-8-16/h4-5,10,15-16H,2-3,6-9H2,1H3. The molecule has 0 atom stereocenters. The normalized spacial score (nSPS) is 10.5. The second-order valence-corrected chi connectivity index (χ2v) is 4.82. The summed E-state index contributed by atoms with van der Waals surface area (Å²) in [7, 11) is 0. The van der Waals surface area contributed by atoms with Gasteiger partial charge in [-0.25, -0.2) is 0 Å². The van der Waals surface area contributed by atoms with E-state index < -0.39 is 0 Å². The lowest BCUT2D eigenvalue weighted by Crippen LogP contribution is -2.19. The molecule has 3 nitrogen and oxygen atoms in total. The Labute approximate surface area is 111 Å². The van der Waals surface area contributed by atoms with Crippen LogP contribution in [0.4, 0.5) is 0 Å². The summed E-state index contributed by atoms with van der Waals surface area (Å²) >= 11 is 3.49. The van der Waals surface area contributed by atoms with Crippen molar-refractivity contribution in [2.45, 2.75) is 19.8 Å². The fraction of sp³-hybridized carbons (Fsp3) is 0.538. The highest BCUT2D eigenvalue weighted by molar-refractivity contribution is 9.10. The molecule has 1 aromatic carbocycles. The van der Waals surface area contributed by atoms with E-state index >= 15 is 0 Å². The number of aliphatic hydroxyl groups is 1. The molecule has 1 aromatic rings. The summed E-state index contributed by atoms with van der Waals surface area (Å²) in [4.78, 5) is 0. The second-order valence-electron chi connectivity index (χ2n) is 3.96. The Balaban J connectivity index is 2.14. The van der Waals surface area contributed by atoms with Crippen molar-refractivity contribution in [2.75, 3.05) is 26.3 Å². The molecule has 0 saturated carbocycles. The van der Waals surface area contributed by atoms with Crippen LogP contribution >= 0.6 is 15.9 Å². The fourth-order valence-electron chi connectivity index (χ4n) is 1.46. The molecular weight excluding hydrogens is 282 g/mol. The number of nitrogens with one attached hydrogen (secondary N) is 1. The van der Waals surface area contributed by atoms with Crippen LogP contribution in [0.2, 0.25) is 0 Å². The lowest BCUT2D eigenvalue weighted by Gasteiger charge is -2.08. The van der Waals surface area contributed by atoms with Gasteiger partial charge in [0.05, 0.1) is 17.7 Å². The van der Waals surface area contributed by atoms with Crippen molar-refractivity contribution in [1.82, 2.24) is 5.32 Å². The van der Waals surface area contributed by atoms with E-state index in [1.807, 2.05) is 12.1 Å². The summed E-state index contributed by atoms with van der Waals surface area (Å²) in [5, 5.41) is 11.7. The lowest BCUT2D eigenvalue weighted by molar-refractivity contribution is 0.286. The highest BCUT2D eigenvalue weighted by atomic mass is 79.9. The van der Waals surface area contributed by atoms with Gasteiger partial charge in [0.15, 0.2) is 0 Å². The number of aliphatic hydroxyl groups excluding tert-OH is 1. The van der Waals surface area contributed by atoms with E-state index in [1.165, 1.54) is 5.56 Å². The molecule has 2 N–H and O–H groups in total. The van der Waals surface area contributed by atoms with Gasteiger partial charge in [0.2, 0.25) is 0 Å². The zero-order valence-electron chi connectivity index (χ0n) is 10.2. The summed E-state index contributed by atoms with van der Waals surface area (Å²) in [6, 6.07) is 6.09. The molecule has 17 heavy (non-hydrogen) atoms. The van der Waals surface area contributed by atoms with E-state index in [0.29, 0.717) is 6.54 Å². The van der Waals surface area contributed by atoms with Crippen molar-refractivity contribution in [3.63, 3.8) is 0 Å². The van der Waals surface area contributed by atoms with Crippen LogP contribution in [-0.4, -0.2) is 31.4 Å². The van der Waals surface area contributed by atoms with Gasteiger partial charge in [-0.1, -0.05) is 6.07 Å². The van der Waals surface area contributed by atoms with Gasteiger partial charge >= 0.3 is 0 Å². The number of ether oxygens (including phenoxy) is 1. The Kier molecular flexibility index (Phi) is 7.24. The Morgan fingerprint density at radius 2 is 2.12 bits per heavy atom. The van der Waals surface area contributed by atoms with Crippen LogP contribution in [-0.2, 0) is 0 Å². The van der Waals surface area contributed by atoms with Gasteiger partial charge in [-0.15, -0.1) is 0 Å². The van der Waals surface area contributed by atoms with Crippen LogP contribution in [0.15, 0.2) is 22.7 Å². The number of rotatable bonds is 8. The zero-order valence-corrected chi connectivity index (χ0v) is 11.8. The van der Waals surface area contributed by atoms with Crippen molar-refractivity contribution in [2.24, 2.45) is 0 Å². The Bertz CT molecular complexity index is 331. The number of unbranched alkanes of at least 4 members (excludes halogenated alkanes) is 1. The van der Waals surface area contributed by atoms with Crippen LogP contribution in [0, 0.1) is 6.92 Å². The van der Waals surface area contributed by atoms with E-state index in [1.54, 1.807) is 0 Å². The van der Waals surface area contributed by atoms with Gasteiger partial charge in [-0.05, 0) is 59.9 Å². The molecule has 0 radical (unpaired) electrons. The molecular formula is C13H20BrNO2. The number of halogens is 1. The molecule has 0 amide bonds. The van der Waals surface area contributed by atoms with Crippen LogP contribution < -0.4 is 10.1 Å². The summed E-state index contributed by atoms with van der Waals surface area (Å²) in [5.41, 5.74) is 1.22. The Hall–Kier alpha value is -0.580. The number of hydrogen-bond donors (Lipinski definition) is 2. The van der Waals surface area contributed by atoms with Crippen molar-refractivity contribution in [3.05, 3.63) is 28.2 Å². The molecule has 4 heteroatoms. The van der Waals surface area contributed by atoms with Gasteiger partial charge in [-0.3, -0.25) is 0 Å². The molecule has 0 heterocycles.